The molecule has 5 N–H and O–H groups in total. The maximum atomic E-state index is 13.4. The number of aliphatic hydroxyl groups is 2. The lowest BCUT2D eigenvalue weighted by molar-refractivity contribution is -0.141. The van der Waals surface area contributed by atoms with Crippen LogP contribution in [0.5, 0.6) is 0 Å². The third kappa shape index (κ3) is 10.2. The number of aromatic nitrogens is 6. The number of nitriles is 1. The Labute approximate surface area is 382 Å². The number of nitrogens with zero attached hydrogens (tertiary/aromatic N) is 11. The van der Waals surface area contributed by atoms with Crippen molar-refractivity contribution in [1.29, 1.82) is 5.26 Å². The van der Waals surface area contributed by atoms with E-state index in [1.165, 1.54) is 0 Å². The van der Waals surface area contributed by atoms with Crippen molar-refractivity contribution < 1.29 is 47.2 Å². The first kappa shape index (κ1) is 46.9. The van der Waals surface area contributed by atoms with Crippen LogP contribution < -0.4 is 25.8 Å². The topological polar surface area (TPSA) is 260 Å². The molecule has 8 rings (SSSR count). The van der Waals surface area contributed by atoms with Crippen molar-refractivity contribution in [1.82, 2.24) is 50.3 Å². The molecule has 4 aliphatic rings. The summed E-state index contributed by atoms with van der Waals surface area (Å²) in [6.45, 7) is 6.78. The monoisotopic (exact) mass is 930 g/mol. The molecule has 3 amide bonds. The normalized spacial score (nSPS) is 22.4. The zero-order valence-corrected chi connectivity index (χ0v) is 36.6. The molecule has 354 valence electrons. The van der Waals surface area contributed by atoms with E-state index in [9.17, 15) is 43.0 Å². The van der Waals surface area contributed by atoms with Gasteiger partial charge in [0.15, 0.2) is 11.5 Å². The fraction of sp³-hybridized carbons (Fsp3) is 0.488. The molecule has 4 aliphatic heterocycles. The highest BCUT2D eigenvalue weighted by molar-refractivity contribution is 6.12. The van der Waals surface area contributed by atoms with Crippen LogP contribution in [-0.4, -0.2) is 176 Å². The number of ether oxygens (including phenoxy) is 2. The van der Waals surface area contributed by atoms with Crippen molar-refractivity contribution in [3.8, 4) is 17.3 Å². The predicted molar refractivity (Wildman–Crippen MR) is 231 cm³/mol. The molecule has 0 spiro atoms. The van der Waals surface area contributed by atoms with Crippen LogP contribution in [0.15, 0.2) is 55.2 Å². The van der Waals surface area contributed by atoms with E-state index < -0.39 is 41.8 Å². The van der Waals surface area contributed by atoms with Gasteiger partial charge in [-0.3, -0.25) is 14.6 Å². The Morgan fingerprint density at radius 3 is 2.61 bits per heavy atom. The number of carbonyl (C=O) groups excluding carboxylic acids is 3. The number of halogens is 3. The van der Waals surface area contributed by atoms with Gasteiger partial charge in [0, 0.05) is 82.1 Å². The van der Waals surface area contributed by atoms with E-state index in [4.69, 9.17) is 14.5 Å². The van der Waals surface area contributed by atoms with Crippen LogP contribution in [0.25, 0.3) is 11.3 Å². The van der Waals surface area contributed by atoms with Crippen molar-refractivity contribution in [2.45, 2.75) is 62.5 Å². The molecule has 0 bridgehead atoms. The molecule has 0 saturated carbocycles. The Bertz CT molecular complexity index is 2500. The summed E-state index contributed by atoms with van der Waals surface area (Å²) in [6.07, 6.45) is -1.82. The smallest absolute Gasteiger partial charge is 0.388 e. The molecule has 3 saturated heterocycles. The van der Waals surface area contributed by atoms with Crippen molar-refractivity contribution in [2.75, 3.05) is 87.3 Å². The number of Topliss-reactive ketones (excluding diaryl/α,β-unsaturated/α-hetero) is 1. The van der Waals surface area contributed by atoms with Gasteiger partial charge in [-0.1, -0.05) is 6.07 Å². The van der Waals surface area contributed by atoms with E-state index >= 15 is 0 Å². The maximum Gasteiger partial charge on any atom is 0.434 e. The van der Waals surface area contributed by atoms with Crippen molar-refractivity contribution in [3.63, 3.8) is 0 Å². The number of urea groups is 1. The lowest BCUT2D eigenvalue weighted by Gasteiger charge is -2.38. The second-order valence-corrected chi connectivity index (χ2v) is 16.9. The van der Waals surface area contributed by atoms with E-state index in [2.05, 4.69) is 46.9 Å². The SMILES string of the molecule is CC1(C)C(=O)c2ccc(-c3cnc(N4CCN5C(=O)N(CCOCCNC(=O)CNC[C@H]6OC[C@H](Nc7cncc(C(F)(F)F)n7)[C@@H](O)[C@H]6O)C[C@@H]5C4)nc3)nc2N1Cc1cccnc1C#N. The molecular weight excluding hydrogens is 882 g/mol. The lowest BCUT2D eigenvalue weighted by atomic mass is 9.97. The van der Waals surface area contributed by atoms with Gasteiger partial charge < -0.3 is 55.2 Å². The fourth-order valence-electron chi connectivity index (χ4n) is 8.46. The number of nitrogens with one attached hydrogen (secondary N) is 3. The third-order valence-corrected chi connectivity index (χ3v) is 12.2. The number of fused-ring (bicyclic) bond motifs is 2. The lowest BCUT2D eigenvalue weighted by Crippen LogP contribution is -2.58. The molecule has 8 heterocycles. The number of amides is 3. The quantitative estimate of drug-likeness (QED) is 0.0976. The van der Waals surface area contributed by atoms with E-state index in [1.807, 2.05) is 34.6 Å². The number of ketones is 1. The van der Waals surface area contributed by atoms with Gasteiger partial charge in [-0.25, -0.2) is 29.7 Å². The first-order valence-corrected chi connectivity index (χ1v) is 21.6. The molecule has 4 aromatic rings. The molecule has 0 unspecified atom stereocenters. The van der Waals surface area contributed by atoms with Crippen LogP contribution in [0.1, 0.15) is 41.2 Å². The number of anilines is 3. The number of hydrogen-bond donors (Lipinski definition) is 5. The highest BCUT2D eigenvalue weighted by Gasteiger charge is 2.46. The summed E-state index contributed by atoms with van der Waals surface area (Å²) >= 11 is 0. The summed E-state index contributed by atoms with van der Waals surface area (Å²) in [4.78, 5) is 71.9. The molecule has 24 heteroatoms. The number of alkyl halides is 3. The minimum Gasteiger partial charge on any atom is -0.388 e. The molecule has 4 aromatic heterocycles. The molecule has 67 heavy (non-hydrogen) atoms. The third-order valence-electron chi connectivity index (χ3n) is 12.2. The number of pyridine rings is 2. The second-order valence-electron chi connectivity index (χ2n) is 16.9. The largest absolute Gasteiger partial charge is 0.434 e. The van der Waals surface area contributed by atoms with Gasteiger partial charge >= 0.3 is 12.2 Å². The van der Waals surface area contributed by atoms with Gasteiger partial charge in [-0.2, -0.15) is 18.4 Å². The predicted octanol–water partition coefficient (Wildman–Crippen LogP) is 0.845. The number of rotatable bonds is 16. The van der Waals surface area contributed by atoms with Gasteiger partial charge in [0.2, 0.25) is 11.9 Å². The van der Waals surface area contributed by atoms with Crippen LogP contribution in [-0.2, 0) is 27.0 Å². The Balaban J connectivity index is 0.735. The van der Waals surface area contributed by atoms with Crippen molar-refractivity contribution >= 4 is 35.3 Å². The van der Waals surface area contributed by atoms with E-state index in [-0.39, 0.29) is 81.3 Å². The summed E-state index contributed by atoms with van der Waals surface area (Å²) in [6, 6.07) is 8.13. The Kier molecular flexibility index (Phi) is 13.8. The highest BCUT2D eigenvalue weighted by atomic mass is 19.4. The first-order valence-electron chi connectivity index (χ1n) is 21.6. The van der Waals surface area contributed by atoms with Crippen LogP contribution >= 0.6 is 0 Å². The minimum atomic E-state index is -4.70. The Hall–Kier alpha value is -6.65. The van der Waals surface area contributed by atoms with E-state index in [0.29, 0.717) is 73.1 Å². The molecule has 5 atom stereocenters. The van der Waals surface area contributed by atoms with Gasteiger partial charge in [0.25, 0.3) is 0 Å². The van der Waals surface area contributed by atoms with Crippen LogP contribution in [0.3, 0.4) is 0 Å². The Morgan fingerprint density at radius 1 is 1.03 bits per heavy atom. The molecule has 0 radical (unpaired) electrons. The van der Waals surface area contributed by atoms with Gasteiger partial charge in [0.05, 0.1) is 73.7 Å². The summed E-state index contributed by atoms with van der Waals surface area (Å²) in [5.74, 6) is 0.374. The number of aliphatic hydroxyl groups excluding tert-OH is 2. The van der Waals surface area contributed by atoms with E-state index in [1.54, 1.807) is 41.7 Å². The minimum absolute atomic E-state index is 0.00927. The first-order chi connectivity index (χ1) is 32.1. The number of hydrogen-bond acceptors (Lipinski definition) is 18. The van der Waals surface area contributed by atoms with E-state index in [0.717, 1.165) is 6.20 Å². The number of carbonyl (C=O) groups is 3. The van der Waals surface area contributed by atoms with Gasteiger partial charge in [-0.15, -0.1) is 0 Å². The molecular formula is C43H49F3N14O7. The van der Waals surface area contributed by atoms with Crippen LogP contribution in [0.4, 0.5) is 35.5 Å². The Morgan fingerprint density at radius 2 is 1.84 bits per heavy atom. The maximum absolute atomic E-state index is 13.4. The molecule has 0 aromatic carbocycles. The molecule has 0 aliphatic carbocycles. The summed E-state index contributed by atoms with van der Waals surface area (Å²) in [5.41, 5.74) is 0.626. The average molecular weight is 931 g/mol. The van der Waals surface area contributed by atoms with Crippen molar-refractivity contribution in [2.24, 2.45) is 0 Å². The number of piperazine rings is 1. The van der Waals surface area contributed by atoms with Gasteiger partial charge in [0.1, 0.15) is 35.6 Å². The zero-order valence-electron chi connectivity index (χ0n) is 36.6. The summed E-state index contributed by atoms with van der Waals surface area (Å²) in [7, 11) is 0. The molecule has 3 fully saturated rings. The second kappa shape index (κ2) is 19.7. The zero-order chi connectivity index (χ0) is 47.5. The molecule has 21 nitrogen and oxygen atoms in total. The highest BCUT2D eigenvalue weighted by Crippen LogP contribution is 2.40. The summed E-state index contributed by atoms with van der Waals surface area (Å²) < 4.78 is 50.3. The van der Waals surface area contributed by atoms with Crippen LogP contribution in [0.2, 0.25) is 0 Å². The van der Waals surface area contributed by atoms with Crippen molar-refractivity contribution in [3.05, 3.63) is 77.8 Å². The standard InChI is InChI=1S/C43H49F3N14O7/c1-42(2)38(64)28-5-6-29(55-39(28)60(42)21-25-4-3-7-50-30(25)14-47)26-15-52-40(53-16-26)57-9-10-59-27(22-57)23-58(41(59)65)11-13-66-12-8-51-35(61)20-48-17-32-37(63)36(62)31(24-67-32)54-34-19-49-18-33(56-34)43(44,45)46/h3-7,15-16,18-19,27,31-32,36-37,48,62-63H,8-13,17,20-24H2,1-2H3,(H,51,61)(H,54,56)/t27-,31-,32+,36+,37-/m0/s1. The average Bonchev–Trinajstić information content (AvgIpc) is 3.73. The van der Waals surface area contributed by atoms with Gasteiger partial charge in [-0.05, 0) is 32.0 Å². The van der Waals surface area contributed by atoms with Crippen LogP contribution in [0, 0.1) is 11.3 Å². The fourth-order valence-corrected chi connectivity index (χ4v) is 8.46. The summed E-state index contributed by atoms with van der Waals surface area (Å²) in [5, 5.41) is 38.9.